The van der Waals surface area contributed by atoms with E-state index in [1.165, 1.54) is 23.2 Å². The van der Waals surface area contributed by atoms with Crippen LogP contribution >= 0.6 is 23.6 Å². The van der Waals surface area contributed by atoms with E-state index in [2.05, 4.69) is 42.2 Å². The fraction of sp³-hybridized carbons (Fsp3) is 0.263. The summed E-state index contributed by atoms with van der Waals surface area (Å²) in [4.78, 5) is 0. The van der Waals surface area contributed by atoms with Gasteiger partial charge in [0.05, 0.1) is 6.61 Å². The highest BCUT2D eigenvalue weighted by atomic mass is 35.5. The molecule has 0 N–H and O–H groups in total. The Labute approximate surface area is 142 Å². The minimum Gasteiger partial charge on any atom is -0.315 e. The van der Waals surface area contributed by atoms with Gasteiger partial charge in [-0.2, -0.15) is 0 Å². The standard InChI is InChI=1S/C19H19ClOS/c1-22-21-14-6-5-9-18-15-19(20)13-12-17(18)11-10-16-7-3-2-4-8-16/h2-4,7-8,12-13,15H,6,10-11,14H2,1H3. The Morgan fingerprint density at radius 2 is 1.91 bits per heavy atom. The lowest BCUT2D eigenvalue weighted by Crippen LogP contribution is -1.95. The lowest BCUT2D eigenvalue weighted by Gasteiger charge is -2.06. The maximum Gasteiger partial charge on any atom is 0.0723 e. The number of rotatable bonds is 6. The van der Waals surface area contributed by atoms with Gasteiger partial charge in [-0.05, 0) is 48.1 Å². The van der Waals surface area contributed by atoms with Crippen molar-refractivity contribution in [2.45, 2.75) is 19.3 Å². The highest BCUT2D eigenvalue weighted by Gasteiger charge is 2.02. The van der Waals surface area contributed by atoms with E-state index in [0.717, 1.165) is 29.8 Å². The number of benzene rings is 2. The molecule has 0 saturated heterocycles. The van der Waals surface area contributed by atoms with Gasteiger partial charge in [-0.1, -0.05) is 59.8 Å². The Bertz CT molecular complexity index is 643. The minimum atomic E-state index is 0.647. The molecule has 0 unspecified atom stereocenters. The molecule has 0 aromatic heterocycles. The van der Waals surface area contributed by atoms with Crippen LogP contribution in [0.15, 0.2) is 48.5 Å². The van der Waals surface area contributed by atoms with Crippen molar-refractivity contribution in [3.63, 3.8) is 0 Å². The normalized spacial score (nSPS) is 10.1. The average molecular weight is 331 g/mol. The van der Waals surface area contributed by atoms with Crippen LogP contribution < -0.4 is 0 Å². The maximum atomic E-state index is 6.10. The van der Waals surface area contributed by atoms with E-state index in [0.29, 0.717) is 6.61 Å². The van der Waals surface area contributed by atoms with Gasteiger partial charge in [0.2, 0.25) is 0 Å². The summed E-state index contributed by atoms with van der Waals surface area (Å²) in [5, 5.41) is 0.730. The lowest BCUT2D eigenvalue weighted by atomic mass is 10.00. The predicted octanol–water partition coefficient (Wildman–Crippen LogP) is 5.16. The van der Waals surface area contributed by atoms with Crippen LogP contribution in [0.4, 0.5) is 0 Å². The summed E-state index contributed by atoms with van der Waals surface area (Å²) in [6.07, 6.45) is 4.61. The zero-order valence-electron chi connectivity index (χ0n) is 12.6. The molecule has 114 valence electrons. The zero-order chi connectivity index (χ0) is 15.6. The van der Waals surface area contributed by atoms with Gasteiger partial charge in [0.1, 0.15) is 0 Å². The predicted molar refractivity (Wildman–Crippen MR) is 96.3 cm³/mol. The van der Waals surface area contributed by atoms with Gasteiger partial charge in [-0.3, -0.25) is 0 Å². The van der Waals surface area contributed by atoms with Crippen molar-refractivity contribution in [3.05, 3.63) is 70.2 Å². The molecule has 2 rings (SSSR count). The summed E-state index contributed by atoms with van der Waals surface area (Å²) < 4.78 is 5.22. The number of aryl methyl sites for hydroxylation is 2. The maximum absolute atomic E-state index is 6.10. The first-order valence-corrected chi connectivity index (χ1v) is 8.79. The van der Waals surface area contributed by atoms with Crippen molar-refractivity contribution in [2.24, 2.45) is 0 Å². The van der Waals surface area contributed by atoms with E-state index in [9.17, 15) is 0 Å². The van der Waals surface area contributed by atoms with E-state index >= 15 is 0 Å². The second kappa shape index (κ2) is 9.58. The molecule has 0 radical (unpaired) electrons. The van der Waals surface area contributed by atoms with Crippen molar-refractivity contribution < 1.29 is 4.18 Å². The molecule has 0 atom stereocenters. The summed E-state index contributed by atoms with van der Waals surface area (Å²) in [5.74, 6) is 6.38. The molecular formula is C19H19ClOS. The van der Waals surface area contributed by atoms with Gasteiger partial charge in [0.25, 0.3) is 0 Å². The van der Waals surface area contributed by atoms with Crippen LogP contribution in [0.5, 0.6) is 0 Å². The summed E-state index contributed by atoms with van der Waals surface area (Å²) in [6, 6.07) is 16.5. The van der Waals surface area contributed by atoms with Crippen LogP contribution in [0.1, 0.15) is 23.1 Å². The molecule has 3 heteroatoms. The zero-order valence-corrected chi connectivity index (χ0v) is 14.2. The topological polar surface area (TPSA) is 9.23 Å². The number of halogens is 1. The van der Waals surface area contributed by atoms with Crippen LogP contribution in [-0.4, -0.2) is 12.9 Å². The molecular weight excluding hydrogens is 312 g/mol. The smallest absolute Gasteiger partial charge is 0.0723 e. The van der Waals surface area contributed by atoms with Crippen molar-refractivity contribution in [3.8, 4) is 11.8 Å². The first kappa shape index (κ1) is 17.0. The van der Waals surface area contributed by atoms with Gasteiger partial charge in [0.15, 0.2) is 0 Å². The summed E-state index contributed by atoms with van der Waals surface area (Å²) >= 11 is 7.47. The Hall–Kier alpha value is -1.40. The molecule has 22 heavy (non-hydrogen) atoms. The largest absolute Gasteiger partial charge is 0.315 e. The van der Waals surface area contributed by atoms with E-state index in [1.54, 1.807) is 0 Å². The van der Waals surface area contributed by atoms with E-state index < -0.39 is 0 Å². The quantitative estimate of drug-likeness (QED) is 0.411. The van der Waals surface area contributed by atoms with Gasteiger partial charge in [0, 0.05) is 23.3 Å². The van der Waals surface area contributed by atoms with Gasteiger partial charge < -0.3 is 4.18 Å². The molecule has 0 spiro atoms. The first-order valence-electron chi connectivity index (χ1n) is 7.26. The van der Waals surface area contributed by atoms with Crippen LogP contribution in [0.25, 0.3) is 0 Å². The Kier molecular flexibility index (Phi) is 7.39. The van der Waals surface area contributed by atoms with Crippen LogP contribution in [-0.2, 0) is 17.0 Å². The van der Waals surface area contributed by atoms with Gasteiger partial charge >= 0.3 is 0 Å². The fourth-order valence-electron chi connectivity index (χ4n) is 2.14. The summed E-state index contributed by atoms with van der Waals surface area (Å²) in [5.41, 5.74) is 3.60. The molecule has 0 aliphatic rings. The van der Waals surface area contributed by atoms with Gasteiger partial charge in [-0.15, -0.1) is 0 Å². The van der Waals surface area contributed by atoms with E-state index in [4.69, 9.17) is 15.8 Å². The highest BCUT2D eigenvalue weighted by molar-refractivity contribution is 7.93. The van der Waals surface area contributed by atoms with E-state index in [-0.39, 0.29) is 0 Å². The second-order valence-electron chi connectivity index (χ2n) is 4.83. The average Bonchev–Trinajstić information content (AvgIpc) is 2.55. The highest BCUT2D eigenvalue weighted by Crippen LogP contribution is 2.17. The molecule has 0 saturated carbocycles. The first-order chi connectivity index (χ1) is 10.8. The Morgan fingerprint density at radius 3 is 2.68 bits per heavy atom. The molecule has 0 amide bonds. The Morgan fingerprint density at radius 1 is 1.09 bits per heavy atom. The third-order valence-corrected chi connectivity index (χ3v) is 3.89. The molecule has 0 aliphatic heterocycles. The third-order valence-electron chi connectivity index (χ3n) is 3.25. The summed E-state index contributed by atoms with van der Waals surface area (Å²) in [7, 11) is 0. The van der Waals surface area contributed by atoms with E-state index in [1.807, 2.05) is 24.5 Å². The molecule has 0 bridgehead atoms. The van der Waals surface area contributed by atoms with Crippen molar-refractivity contribution in [2.75, 3.05) is 12.9 Å². The molecule has 0 heterocycles. The van der Waals surface area contributed by atoms with Crippen LogP contribution in [0, 0.1) is 11.8 Å². The van der Waals surface area contributed by atoms with Gasteiger partial charge in [-0.25, -0.2) is 0 Å². The monoisotopic (exact) mass is 330 g/mol. The molecule has 1 nitrogen and oxygen atoms in total. The summed E-state index contributed by atoms with van der Waals surface area (Å²) in [6.45, 7) is 0.647. The third kappa shape index (κ3) is 5.77. The lowest BCUT2D eigenvalue weighted by molar-refractivity contribution is 0.388. The van der Waals surface area contributed by atoms with Crippen LogP contribution in [0.3, 0.4) is 0 Å². The molecule has 0 fully saturated rings. The number of hydrogen-bond donors (Lipinski definition) is 0. The molecule has 2 aromatic carbocycles. The van der Waals surface area contributed by atoms with Crippen molar-refractivity contribution >= 4 is 23.6 Å². The Balaban J connectivity index is 2.03. The van der Waals surface area contributed by atoms with Crippen molar-refractivity contribution in [1.29, 1.82) is 0 Å². The van der Waals surface area contributed by atoms with Crippen LogP contribution in [0.2, 0.25) is 5.02 Å². The minimum absolute atomic E-state index is 0.647. The molecule has 2 aromatic rings. The SMILES string of the molecule is CSOCCC#Cc1cc(Cl)ccc1CCc1ccccc1. The van der Waals surface area contributed by atoms with Crippen molar-refractivity contribution in [1.82, 2.24) is 0 Å². The second-order valence-corrected chi connectivity index (χ2v) is 5.83. The fourth-order valence-corrected chi connectivity index (χ4v) is 2.56. The number of hydrogen-bond acceptors (Lipinski definition) is 2. The molecule has 0 aliphatic carbocycles.